The third-order valence-corrected chi connectivity index (χ3v) is 3.55. The van der Waals surface area contributed by atoms with E-state index in [-0.39, 0.29) is 11.4 Å². The lowest BCUT2D eigenvalue weighted by molar-refractivity contribution is -0.130. The van der Waals surface area contributed by atoms with E-state index in [1.807, 2.05) is 0 Å². The maximum atomic E-state index is 11.6. The second-order valence-electron chi connectivity index (χ2n) is 5.11. The van der Waals surface area contributed by atoms with Gasteiger partial charge in [0.1, 0.15) is 0 Å². The van der Waals surface area contributed by atoms with E-state index in [1.165, 1.54) is 21.1 Å². The lowest BCUT2D eigenvalue weighted by atomic mass is 10.0. The molecule has 0 heterocycles. The summed E-state index contributed by atoms with van der Waals surface area (Å²) in [6.07, 6.45) is 1.55. The number of methoxy groups -OCH3 is 2. The van der Waals surface area contributed by atoms with Gasteiger partial charge in [-0.25, -0.2) is 4.79 Å². The smallest absolute Gasteiger partial charge is 0.336 e. The molecule has 124 valence electrons. The topological polar surface area (TPSA) is 72.8 Å². The lowest BCUT2D eigenvalue weighted by Gasteiger charge is -2.09. The number of carbonyl (C=O) groups excluding carboxylic acids is 1. The summed E-state index contributed by atoms with van der Waals surface area (Å²) in [5.74, 6) is -0.0390. The zero-order valence-electron chi connectivity index (χ0n) is 13.7. The fourth-order valence-electron chi connectivity index (χ4n) is 2.26. The highest BCUT2D eigenvalue weighted by molar-refractivity contribution is 6.20. The van der Waals surface area contributed by atoms with E-state index >= 15 is 0 Å². The van der Waals surface area contributed by atoms with Gasteiger partial charge in [0, 0.05) is 5.56 Å². The summed E-state index contributed by atoms with van der Waals surface area (Å²) in [7, 11) is 3.05. The van der Waals surface area contributed by atoms with Crippen molar-refractivity contribution in [2.24, 2.45) is 0 Å². The quantitative estimate of drug-likeness (QED) is 0.499. The van der Waals surface area contributed by atoms with Crippen molar-refractivity contribution in [2.45, 2.75) is 6.92 Å². The molecular weight excluding hydrogens is 308 g/mol. The van der Waals surface area contributed by atoms with Crippen LogP contribution >= 0.6 is 0 Å². The predicted octanol–water partition coefficient (Wildman–Crippen LogP) is 3.53. The number of ether oxygens (including phenoxy) is 2. The maximum absolute atomic E-state index is 11.6. The monoisotopic (exact) mass is 326 g/mol. The summed E-state index contributed by atoms with van der Waals surface area (Å²) in [5, 5.41) is 9.50. The second kappa shape index (κ2) is 7.46. The highest BCUT2D eigenvalue weighted by Crippen LogP contribution is 2.29. The van der Waals surface area contributed by atoms with Crippen molar-refractivity contribution in [2.75, 3.05) is 14.2 Å². The van der Waals surface area contributed by atoms with Gasteiger partial charge in [0.15, 0.2) is 17.3 Å². The van der Waals surface area contributed by atoms with Crippen LogP contribution in [0.5, 0.6) is 11.5 Å². The van der Waals surface area contributed by atoms with Crippen LogP contribution in [0.25, 0.3) is 11.6 Å². The van der Waals surface area contributed by atoms with E-state index < -0.39 is 5.97 Å². The number of ketones is 1. The van der Waals surface area contributed by atoms with Crippen LogP contribution in [-0.4, -0.2) is 31.1 Å². The Morgan fingerprint density at radius 2 is 1.50 bits per heavy atom. The minimum atomic E-state index is -1.06. The van der Waals surface area contributed by atoms with Gasteiger partial charge in [0.05, 0.1) is 19.8 Å². The first-order valence-corrected chi connectivity index (χ1v) is 7.24. The average molecular weight is 326 g/mol. The molecule has 0 aromatic heterocycles. The fraction of sp³-hybridized carbons (Fsp3) is 0.158. The molecule has 5 heteroatoms. The number of aliphatic carboxylic acids is 1. The number of rotatable bonds is 6. The lowest BCUT2D eigenvalue weighted by Crippen LogP contribution is -2.01. The molecule has 0 radical (unpaired) electrons. The Hall–Kier alpha value is -3.08. The number of carboxylic acids is 1. The Morgan fingerprint density at radius 1 is 0.917 bits per heavy atom. The van der Waals surface area contributed by atoms with Gasteiger partial charge >= 0.3 is 5.97 Å². The summed E-state index contributed by atoms with van der Waals surface area (Å²) >= 11 is 0. The summed E-state index contributed by atoms with van der Waals surface area (Å²) < 4.78 is 10.4. The van der Waals surface area contributed by atoms with E-state index in [2.05, 4.69) is 0 Å². The number of hydrogen-bond acceptors (Lipinski definition) is 4. The summed E-state index contributed by atoms with van der Waals surface area (Å²) in [6.45, 7) is 1.46. The normalized spacial score (nSPS) is 11.0. The van der Waals surface area contributed by atoms with Crippen molar-refractivity contribution < 1.29 is 24.2 Å². The molecule has 0 aliphatic carbocycles. The Kier molecular flexibility index (Phi) is 5.37. The van der Waals surface area contributed by atoms with Crippen LogP contribution in [-0.2, 0) is 4.79 Å². The molecule has 0 saturated heterocycles. The Labute approximate surface area is 140 Å². The average Bonchev–Trinajstić information content (AvgIpc) is 2.59. The molecule has 0 unspecified atom stereocenters. The molecule has 0 spiro atoms. The van der Waals surface area contributed by atoms with Gasteiger partial charge in [0.2, 0.25) is 0 Å². The van der Waals surface area contributed by atoms with Crippen LogP contribution in [0.4, 0.5) is 0 Å². The van der Waals surface area contributed by atoms with Gasteiger partial charge < -0.3 is 14.6 Å². The Morgan fingerprint density at radius 3 is 2.00 bits per heavy atom. The third-order valence-electron chi connectivity index (χ3n) is 3.55. The molecule has 24 heavy (non-hydrogen) atoms. The summed E-state index contributed by atoms with van der Waals surface area (Å²) in [6, 6.07) is 11.6. The summed E-state index contributed by atoms with van der Waals surface area (Å²) in [4.78, 5) is 22.9. The van der Waals surface area contributed by atoms with Crippen LogP contribution in [0.2, 0.25) is 0 Å². The largest absolute Gasteiger partial charge is 0.493 e. The summed E-state index contributed by atoms with van der Waals surface area (Å²) in [5.41, 5.74) is 1.84. The highest BCUT2D eigenvalue weighted by Gasteiger charge is 2.12. The molecule has 1 N–H and O–H groups in total. The standard InChI is InChI=1S/C19H18O5/c1-12(20)14-5-7-15(8-6-14)16(19(21)22)10-13-4-9-17(23-2)18(11-13)24-3/h4-11H,1-3H3,(H,21,22). The van der Waals surface area contributed by atoms with E-state index in [0.29, 0.717) is 28.2 Å². The first-order valence-electron chi connectivity index (χ1n) is 7.24. The van der Waals surface area contributed by atoms with Gasteiger partial charge in [0.25, 0.3) is 0 Å². The number of benzene rings is 2. The molecule has 0 saturated carbocycles. The van der Waals surface area contributed by atoms with E-state index in [1.54, 1.807) is 48.5 Å². The second-order valence-corrected chi connectivity index (χ2v) is 5.11. The zero-order valence-corrected chi connectivity index (χ0v) is 13.7. The van der Waals surface area contributed by atoms with Crippen LogP contribution < -0.4 is 9.47 Å². The number of carbonyl (C=O) groups is 2. The van der Waals surface area contributed by atoms with Crippen LogP contribution in [0.15, 0.2) is 42.5 Å². The molecule has 0 aliphatic heterocycles. The predicted molar refractivity (Wildman–Crippen MR) is 91.5 cm³/mol. The van der Waals surface area contributed by atoms with Crippen molar-refractivity contribution in [1.29, 1.82) is 0 Å². The minimum Gasteiger partial charge on any atom is -0.493 e. The molecule has 0 bridgehead atoms. The van der Waals surface area contributed by atoms with Crippen LogP contribution in [0.3, 0.4) is 0 Å². The van der Waals surface area contributed by atoms with Crippen molar-refractivity contribution >= 4 is 23.4 Å². The van der Waals surface area contributed by atoms with E-state index in [9.17, 15) is 14.7 Å². The first kappa shape index (κ1) is 17.3. The molecule has 2 aromatic carbocycles. The third kappa shape index (κ3) is 3.81. The molecular formula is C19H18O5. The van der Waals surface area contributed by atoms with Crippen LogP contribution in [0.1, 0.15) is 28.4 Å². The molecule has 5 nitrogen and oxygen atoms in total. The number of hydrogen-bond donors (Lipinski definition) is 1. The zero-order chi connectivity index (χ0) is 17.7. The van der Waals surface area contributed by atoms with Gasteiger partial charge in [-0.1, -0.05) is 30.3 Å². The van der Waals surface area contributed by atoms with Crippen molar-refractivity contribution in [1.82, 2.24) is 0 Å². The first-order chi connectivity index (χ1) is 11.5. The van der Waals surface area contributed by atoms with Gasteiger partial charge in [-0.15, -0.1) is 0 Å². The Bertz CT molecular complexity index is 788. The number of Topliss-reactive ketones (excluding diaryl/α,β-unsaturated/α-hetero) is 1. The molecule has 0 aliphatic rings. The number of carboxylic acid groups (broad SMARTS) is 1. The SMILES string of the molecule is COc1ccc(C=C(C(=O)O)c2ccc(C(C)=O)cc2)cc1OC. The van der Waals surface area contributed by atoms with Crippen molar-refractivity contribution in [3.63, 3.8) is 0 Å². The molecule has 0 fully saturated rings. The molecule has 0 atom stereocenters. The van der Waals surface area contributed by atoms with Gasteiger partial charge in [-0.05, 0) is 36.3 Å². The minimum absolute atomic E-state index is 0.0673. The highest BCUT2D eigenvalue weighted by atomic mass is 16.5. The van der Waals surface area contributed by atoms with E-state index in [4.69, 9.17) is 9.47 Å². The Balaban J connectivity index is 2.45. The van der Waals surface area contributed by atoms with Crippen LogP contribution in [0, 0.1) is 0 Å². The maximum Gasteiger partial charge on any atom is 0.336 e. The van der Waals surface area contributed by atoms with Crippen molar-refractivity contribution in [3.05, 3.63) is 59.2 Å². The molecule has 2 rings (SSSR count). The van der Waals surface area contributed by atoms with Gasteiger partial charge in [-0.2, -0.15) is 0 Å². The van der Waals surface area contributed by atoms with Gasteiger partial charge in [-0.3, -0.25) is 4.79 Å². The molecule has 2 aromatic rings. The van der Waals surface area contributed by atoms with E-state index in [0.717, 1.165) is 0 Å². The molecule has 0 amide bonds. The fourth-order valence-corrected chi connectivity index (χ4v) is 2.26. The van der Waals surface area contributed by atoms with Crippen molar-refractivity contribution in [3.8, 4) is 11.5 Å².